The summed E-state index contributed by atoms with van der Waals surface area (Å²) in [7, 11) is 0. The van der Waals surface area contributed by atoms with Crippen molar-refractivity contribution in [1.29, 1.82) is 0 Å². The Bertz CT molecular complexity index is 421. The van der Waals surface area contributed by atoms with Gasteiger partial charge in [0.15, 0.2) is 0 Å². The van der Waals surface area contributed by atoms with Crippen LogP contribution < -0.4 is 10.1 Å². The highest BCUT2D eigenvalue weighted by Crippen LogP contribution is 2.30. The van der Waals surface area contributed by atoms with E-state index in [2.05, 4.69) is 10.4 Å². The predicted molar refractivity (Wildman–Crippen MR) is 62.9 cm³/mol. The second-order valence-corrected chi connectivity index (χ2v) is 4.76. The molecule has 0 aromatic carbocycles. The van der Waals surface area contributed by atoms with E-state index < -0.39 is 0 Å². The fourth-order valence-corrected chi connectivity index (χ4v) is 2.60. The Morgan fingerprint density at radius 2 is 2.24 bits per heavy atom. The van der Waals surface area contributed by atoms with Crippen LogP contribution >= 0.6 is 0 Å². The first-order valence-electron chi connectivity index (χ1n) is 6.34. The molecule has 1 amide bonds. The highest BCUT2D eigenvalue weighted by atomic mass is 16.5. The van der Waals surface area contributed by atoms with E-state index >= 15 is 0 Å². The van der Waals surface area contributed by atoms with Crippen molar-refractivity contribution in [2.45, 2.75) is 38.6 Å². The van der Waals surface area contributed by atoms with Crippen LogP contribution in [-0.4, -0.2) is 22.3 Å². The van der Waals surface area contributed by atoms with E-state index in [1.807, 2.05) is 0 Å². The van der Waals surface area contributed by atoms with Crippen molar-refractivity contribution >= 4 is 11.6 Å². The largest absolute Gasteiger partial charge is 0.474 e. The number of anilines is 1. The number of amides is 1. The second-order valence-electron chi connectivity index (χ2n) is 4.76. The van der Waals surface area contributed by atoms with Crippen molar-refractivity contribution in [3.8, 4) is 5.88 Å². The van der Waals surface area contributed by atoms with Crippen molar-refractivity contribution in [2.75, 3.05) is 11.9 Å². The maximum absolute atomic E-state index is 12.1. The summed E-state index contributed by atoms with van der Waals surface area (Å²) in [4.78, 5) is 12.1. The Morgan fingerprint density at radius 1 is 1.41 bits per heavy atom. The third-order valence-electron chi connectivity index (χ3n) is 3.57. The lowest BCUT2D eigenvalue weighted by atomic mass is 9.88. The summed E-state index contributed by atoms with van der Waals surface area (Å²) in [6.45, 7) is 1.42. The molecule has 2 aliphatic rings. The van der Waals surface area contributed by atoms with Gasteiger partial charge in [-0.05, 0) is 12.8 Å². The number of aromatic nitrogens is 2. The quantitative estimate of drug-likeness (QED) is 0.850. The lowest BCUT2D eigenvalue weighted by molar-refractivity contribution is -0.120. The Labute approximate surface area is 100 Å². The van der Waals surface area contributed by atoms with Crippen LogP contribution in [0.25, 0.3) is 0 Å². The fourth-order valence-electron chi connectivity index (χ4n) is 2.60. The van der Waals surface area contributed by atoms with Gasteiger partial charge in [0.25, 0.3) is 0 Å². The van der Waals surface area contributed by atoms with Gasteiger partial charge in [-0.15, -0.1) is 0 Å². The first kappa shape index (κ1) is 10.6. The monoisotopic (exact) mass is 235 g/mol. The maximum atomic E-state index is 12.1. The molecule has 0 bridgehead atoms. The zero-order valence-corrected chi connectivity index (χ0v) is 9.82. The van der Waals surface area contributed by atoms with E-state index in [9.17, 15) is 4.79 Å². The maximum Gasteiger partial charge on any atom is 0.236 e. The molecule has 3 rings (SSSR count). The normalized spacial score (nSPS) is 19.8. The Morgan fingerprint density at radius 3 is 3.06 bits per heavy atom. The van der Waals surface area contributed by atoms with Crippen LogP contribution in [0.15, 0.2) is 6.20 Å². The average Bonchev–Trinajstić information content (AvgIpc) is 2.95. The zero-order valence-electron chi connectivity index (χ0n) is 9.82. The summed E-state index contributed by atoms with van der Waals surface area (Å²) in [5.41, 5.74) is 0.720. The number of hydrogen-bond acceptors (Lipinski definition) is 3. The van der Waals surface area contributed by atoms with Gasteiger partial charge in [-0.25, -0.2) is 4.68 Å². The molecule has 0 unspecified atom stereocenters. The number of fused-ring (bicyclic) bond motifs is 1. The van der Waals surface area contributed by atoms with E-state index in [0.29, 0.717) is 12.5 Å². The van der Waals surface area contributed by atoms with Gasteiger partial charge >= 0.3 is 0 Å². The molecule has 0 saturated heterocycles. The molecule has 5 nitrogen and oxygen atoms in total. The van der Waals surface area contributed by atoms with Gasteiger partial charge in [0, 0.05) is 5.92 Å². The van der Waals surface area contributed by atoms with Gasteiger partial charge in [0.2, 0.25) is 11.8 Å². The summed E-state index contributed by atoms with van der Waals surface area (Å²) >= 11 is 0. The standard InChI is InChI=1S/C12H17N3O2/c16-11(9-4-2-1-3-5-9)14-10-8-13-15-6-7-17-12(10)15/h8-9H,1-7H2,(H,14,16). The van der Waals surface area contributed by atoms with Crippen molar-refractivity contribution in [2.24, 2.45) is 5.92 Å². The third-order valence-corrected chi connectivity index (χ3v) is 3.57. The molecule has 1 aliphatic carbocycles. The molecule has 0 spiro atoms. The third kappa shape index (κ3) is 2.01. The molecule has 1 aromatic heterocycles. The van der Waals surface area contributed by atoms with Gasteiger partial charge in [-0.2, -0.15) is 5.10 Å². The summed E-state index contributed by atoms with van der Waals surface area (Å²) in [6, 6.07) is 0. The summed E-state index contributed by atoms with van der Waals surface area (Å²) in [5.74, 6) is 0.992. The minimum atomic E-state index is 0.121. The molecule has 1 aliphatic heterocycles. The van der Waals surface area contributed by atoms with E-state index in [1.54, 1.807) is 10.9 Å². The van der Waals surface area contributed by atoms with Gasteiger partial charge in [-0.1, -0.05) is 19.3 Å². The van der Waals surface area contributed by atoms with Crippen LogP contribution in [0.1, 0.15) is 32.1 Å². The molecule has 2 heterocycles. The lowest BCUT2D eigenvalue weighted by Gasteiger charge is -2.20. The van der Waals surface area contributed by atoms with Crippen LogP contribution in [0.2, 0.25) is 0 Å². The number of carbonyl (C=O) groups is 1. The predicted octanol–water partition coefficient (Wildman–Crippen LogP) is 1.79. The number of hydrogen-bond donors (Lipinski definition) is 1. The van der Waals surface area contributed by atoms with Crippen LogP contribution in [0, 0.1) is 5.92 Å². The van der Waals surface area contributed by atoms with Gasteiger partial charge in [0.05, 0.1) is 12.7 Å². The number of nitrogens with zero attached hydrogens (tertiary/aromatic N) is 2. The Balaban J connectivity index is 1.67. The molecule has 1 aromatic rings. The molecule has 92 valence electrons. The van der Waals surface area contributed by atoms with E-state index in [1.165, 1.54) is 19.3 Å². The molecule has 0 radical (unpaired) electrons. The van der Waals surface area contributed by atoms with Crippen LogP contribution in [-0.2, 0) is 11.3 Å². The van der Waals surface area contributed by atoms with Crippen molar-refractivity contribution in [3.63, 3.8) is 0 Å². The topological polar surface area (TPSA) is 56.2 Å². The van der Waals surface area contributed by atoms with E-state index in [-0.39, 0.29) is 11.8 Å². The minimum absolute atomic E-state index is 0.121. The van der Waals surface area contributed by atoms with Crippen LogP contribution in [0.3, 0.4) is 0 Å². The molecule has 5 heteroatoms. The SMILES string of the molecule is O=C(Nc1cnn2c1OCC2)C1CCCCC1. The molecular formula is C12H17N3O2. The Hall–Kier alpha value is -1.52. The van der Waals surface area contributed by atoms with Crippen LogP contribution in [0.4, 0.5) is 5.69 Å². The van der Waals surface area contributed by atoms with Crippen molar-refractivity contribution < 1.29 is 9.53 Å². The smallest absolute Gasteiger partial charge is 0.236 e. The minimum Gasteiger partial charge on any atom is -0.474 e. The first-order chi connectivity index (χ1) is 8.34. The molecule has 1 N–H and O–H groups in total. The Kier molecular flexibility index (Phi) is 2.74. The lowest BCUT2D eigenvalue weighted by Crippen LogP contribution is -2.24. The summed E-state index contributed by atoms with van der Waals surface area (Å²) in [6.07, 6.45) is 7.29. The van der Waals surface area contributed by atoms with Crippen molar-refractivity contribution in [1.82, 2.24) is 9.78 Å². The van der Waals surface area contributed by atoms with Crippen molar-refractivity contribution in [3.05, 3.63) is 6.20 Å². The van der Waals surface area contributed by atoms with Gasteiger partial charge in [-0.3, -0.25) is 4.79 Å². The number of nitrogens with one attached hydrogen (secondary N) is 1. The zero-order chi connectivity index (χ0) is 11.7. The number of ether oxygens (including phenoxy) is 1. The molecule has 1 fully saturated rings. The molecule has 17 heavy (non-hydrogen) atoms. The molecular weight excluding hydrogens is 218 g/mol. The highest BCUT2D eigenvalue weighted by Gasteiger charge is 2.24. The highest BCUT2D eigenvalue weighted by molar-refractivity contribution is 5.93. The molecule has 0 atom stereocenters. The fraction of sp³-hybridized carbons (Fsp3) is 0.667. The average molecular weight is 235 g/mol. The van der Waals surface area contributed by atoms with Gasteiger partial charge in [0.1, 0.15) is 12.3 Å². The molecule has 1 saturated carbocycles. The van der Waals surface area contributed by atoms with Gasteiger partial charge < -0.3 is 10.1 Å². The summed E-state index contributed by atoms with van der Waals surface area (Å²) < 4.78 is 7.23. The van der Waals surface area contributed by atoms with E-state index in [4.69, 9.17) is 4.74 Å². The first-order valence-corrected chi connectivity index (χ1v) is 6.34. The number of carbonyl (C=O) groups excluding carboxylic acids is 1. The second kappa shape index (κ2) is 4.39. The number of rotatable bonds is 2. The van der Waals surface area contributed by atoms with Crippen LogP contribution in [0.5, 0.6) is 5.88 Å². The van der Waals surface area contributed by atoms with E-state index in [0.717, 1.165) is 25.1 Å². The summed E-state index contributed by atoms with van der Waals surface area (Å²) in [5, 5.41) is 7.12.